The smallest absolute Gasteiger partial charge is 0.224 e. The van der Waals surface area contributed by atoms with Crippen molar-refractivity contribution in [1.82, 2.24) is 14.5 Å². The summed E-state index contributed by atoms with van der Waals surface area (Å²) in [6.45, 7) is 0. The highest BCUT2D eigenvalue weighted by atomic mass is 16.1. The summed E-state index contributed by atoms with van der Waals surface area (Å²) in [7, 11) is 0. The molecule has 1 amide bonds. The lowest BCUT2D eigenvalue weighted by Crippen LogP contribution is -2.13. The Morgan fingerprint density at radius 3 is 2.46 bits per heavy atom. The number of aryl methyl sites for hydroxylation is 1. The number of rotatable bonds is 5. The Kier molecular flexibility index (Phi) is 4.43. The number of hydrogen-bond donors (Lipinski definition) is 1. The molecule has 0 aliphatic heterocycles. The van der Waals surface area contributed by atoms with Gasteiger partial charge in [-0.05, 0) is 36.4 Å². The van der Waals surface area contributed by atoms with Crippen LogP contribution in [0.4, 0.5) is 5.69 Å². The molecule has 0 bridgehead atoms. The number of hydrogen-bond acceptors (Lipinski definition) is 3. The van der Waals surface area contributed by atoms with Crippen LogP contribution in [0.5, 0.6) is 0 Å². The van der Waals surface area contributed by atoms with E-state index in [1.54, 1.807) is 24.5 Å². The molecule has 128 valence electrons. The third-order valence-electron chi connectivity index (χ3n) is 4.18. The highest BCUT2D eigenvalue weighted by molar-refractivity contribution is 5.90. The van der Waals surface area contributed by atoms with Gasteiger partial charge in [0.05, 0.1) is 11.0 Å². The SMILES string of the molecule is O=C(CCc1nc2ccccc2n1-c1ccccc1)Nc1ccncc1. The number of nitrogens with one attached hydrogen (secondary N) is 1. The molecule has 0 atom stereocenters. The van der Waals surface area contributed by atoms with Gasteiger partial charge in [0.2, 0.25) is 5.91 Å². The van der Waals surface area contributed by atoms with Gasteiger partial charge >= 0.3 is 0 Å². The standard InChI is InChI=1S/C21H18N4O/c26-21(23-16-12-14-22-15-13-16)11-10-20-24-18-8-4-5-9-19(18)25(20)17-6-2-1-3-7-17/h1-9,12-15H,10-11H2,(H,22,23,26). The number of carbonyl (C=O) groups is 1. The first-order valence-corrected chi connectivity index (χ1v) is 8.53. The number of fused-ring (bicyclic) bond motifs is 1. The van der Waals surface area contributed by atoms with Gasteiger partial charge in [0, 0.05) is 36.6 Å². The maximum atomic E-state index is 12.3. The second-order valence-corrected chi connectivity index (χ2v) is 5.97. The van der Waals surface area contributed by atoms with Crippen molar-refractivity contribution in [2.75, 3.05) is 5.32 Å². The van der Waals surface area contributed by atoms with Gasteiger partial charge in [-0.1, -0.05) is 30.3 Å². The van der Waals surface area contributed by atoms with Crippen LogP contribution in [0.3, 0.4) is 0 Å². The molecule has 4 rings (SSSR count). The Morgan fingerprint density at radius 2 is 1.65 bits per heavy atom. The molecule has 5 nitrogen and oxygen atoms in total. The lowest BCUT2D eigenvalue weighted by atomic mass is 10.2. The molecule has 0 aliphatic carbocycles. The zero-order valence-electron chi connectivity index (χ0n) is 14.2. The number of aromatic nitrogens is 3. The van der Waals surface area contributed by atoms with E-state index in [2.05, 4.69) is 33.1 Å². The predicted octanol–water partition coefficient (Wildman–Crippen LogP) is 3.99. The van der Waals surface area contributed by atoms with Crippen LogP contribution in [0.25, 0.3) is 16.7 Å². The number of imidazole rings is 1. The monoisotopic (exact) mass is 342 g/mol. The summed E-state index contributed by atoms with van der Waals surface area (Å²) in [6, 6.07) is 21.7. The molecule has 0 fully saturated rings. The summed E-state index contributed by atoms with van der Waals surface area (Å²) in [5.41, 5.74) is 3.77. The summed E-state index contributed by atoms with van der Waals surface area (Å²) >= 11 is 0. The highest BCUT2D eigenvalue weighted by Crippen LogP contribution is 2.22. The van der Waals surface area contributed by atoms with E-state index in [4.69, 9.17) is 4.98 Å². The molecule has 5 heteroatoms. The molecule has 0 saturated heterocycles. The van der Waals surface area contributed by atoms with Gasteiger partial charge in [-0.3, -0.25) is 14.3 Å². The fourth-order valence-corrected chi connectivity index (χ4v) is 2.99. The minimum Gasteiger partial charge on any atom is -0.326 e. The lowest BCUT2D eigenvalue weighted by Gasteiger charge is -2.09. The minimum atomic E-state index is -0.0390. The van der Waals surface area contributed by atoms with Gasteiger partial charge < -0.3 is 5.32 Å². The first-order valence-electron chi connectivity index (χ1n) is 8.53. The molecule has 2 aromatic heterocycles. The Balaban J connectivity index is 1.59. The van der Waals surface area contributed by atoms with Crippen molar-refractivity contribution in [1.29, 1.82) is 0 Å². The lowest BCUT2D eigenvalue weighted by molar-refractivity contribution is -0.116. The molecule has 0 spiro atoms. The third kappa shape index (κ3) is 3.32. The van der Waals surface area contributed by atoms with Gasteiger partial charge in [0.1, 0.15) is 5.82 Å². The zero-order chi connectivity index (χ0) is 17.8. The quantitative estimate of drug-likeness (QED) is 0.596. The van der Waals surface area contributed by atoms with Crippen molar-refractivity contribution >= 4 is 22.6 Å². The van der Waals surface area contributed by atoms with Gasteiger partial charge in [-0.25, -0.2) is 4.98 Å². The van der Waals surface area contributed by atoms with E-state index in [1.165, 1.54) is 0 Å². The Morgan fingerprint density at radius 1 is 0.923 bits per heavy atom. The molecular formula is C21H18N4O. The van der Waals surface area contributed by atoms with Crippen LogP contribution in [0.1, 0.15) is 12.2 Å². The third-order valence-corrected chi connectivity index (χ3v) is 4.18. The van der Waals surface area contributed by atoms with E-state index in [9.17, 15) is 4.79 Å². The summed E-state index contributed by atoms with van der Waals surface area (Å²) in [5.74, 6) is 0.838. The first kappa shape index (κ1) is 16.0. The van der Waals surface area contributed by atoms with Crippen LogP contribution in [0.2, 0.25) is 0 Å². The second-order valence-electron chi connectivity index (χ2n) is 5.97. The van der Waals surface area contributed by atoms with Crippen LogP contribution in [0.15, 0.2) is 79.1 Å². The molecule has 0 radical (unpaired) electrons. The molecule has 0 saturated carbocycles. The number of nitrogens with zero attached hydrogens (tertiary/aromatic N) is 3. The zero-order valence-corrected chi connectivity index (χ0v) is 14.2. The van der Waals surface area contributed by atoms with Gasteiger partial charge in [-0.15, -0.1) is 0 Å². The largest absolute Gasteiger partial charge is 0.326 e. The molecule has 26 heavy (non-hydrogen) atoms. The van der Waals surface area contributed by atoms with Crippen LogP contribution in [-0.4, -0.2) is 20.4 Å². The molecule has 2 aromatic carbocycles. The van der Waals surface area contributed by atoms with Crippen molar-refractivity contribution in [3.8, 4) is 5.69 Å². The predicted molar refractivity (Wildman–Crippen MR) is 102 cm³/mol. The number of para-hydroxylation sites is 3. The van der Waals surface area contributed by atoms with Gasteiger partial charge in [0.25, 0.3) is 0 Å². The van der Waals surface area contributed by atoms with E-state index >= 15 is 0 Å². The van der Waals surface area contributed by atoms with E-state index in [1.807, 2.05) is 36.4 Å². The van der Waals surface area contributed by atoms with Crippen molar-refractivity contribution in [3.05, 3.63) is 84.9 Å². The van der Waals surface area contributed by atoms with Crippen LogP contribution in [0, 0.1) is 0 Å². The van der Waals surface area contributed by atoms with E-state index in [0.29, 0.717) is 12.8 Å². The average Bonchev–Trinajstić information content (AvgIpc) is 3.06. The van der Waals surface area contributed by atoms with Crippen LogP contribution in [-0.2, 0) is 11.2 Å². The number of anilines is 1. The van der Waals surface area contributed by atoms with Crippen LogP contribution < -0.4 is 5.32 Å². The van der Waals surface area contributed by atoms with Crippen molar-refractivity contribution in [2.45, 2.75) is 12.8 Å². The highest BCUT2D eigenvalue weighted by Gasteiger charge is 2.13. The average molecular weight is 342 g/mol. The van der Waals surface area contributed by atoms with E-state index < -0.39 is 0 Å². The van der Waals surface area contributed by atoms with Crippen LogP contribution >= 0.6 is 0 Å². The molecular weight excluding hydrogens is 324 g/mol. The molecule has 4 aromatic rings. The maximum absolute atomic E-state index is 12.3. The van der Waals surface area contributed by atoms with Gasteiger partial charge in [-0.2, -0.15) is 0 Å². The summed E-state index contributed by atoms with van der Waals surface area (Å²) in [5, 5.41) is 2.89. The first-order chi connectivity index (χ1) is 12.8. The Hall–Kier alpha value is -3.47. The fraction of sp³-hybridized carbons (Fsp3) is 0.0952. The summed E-state index contributed by atoms with van der Waals surface area (Å²) < 4.78 is 2.12. The number of pyridine rings is 1. The van der Waals surface area contributed by atoms with Crippen molar-refractivity contribution < 1.29 is 4.79 Å². The fourth-order valence-electron chi connectivity index (χ4n) is 2.99. The Bertz CT molecular complexity index is 1030. The second kappa shape index (κ2) is 7.19. The Labute approximate surface area is 151 Å². The van der Waals surface area contributed by atoms with Gasteiger partial charge in [0.15, 0.2) is 0 Å². The minimum absolute atomic E-state index is 0.0390. The summed E-state index contributed by atoms with van der Waals surface area (Å²) in [6.07, 6.45) is 4.23. The topological polar surface area (TPSA) is 59.8 Å². The van der Waals surface area contributed by atoms with Crippen molar-refractivity contribution in [2.24, 2.45) is 0 Å². The van der Waals surface area contributed by atoms with Crippen molar-refractivity contribution in [3.63, 3.8) is 0 Å². The normalized spacial score (nSPS) is 10.8. The summed E-state index contributed by atoms with van der Waals surface area (Å²) in [4.78, 5) is 21.0. The molecule has 0 unspecified atom stereocenters. The molecule has 0 aliphatic rings. The van der Waals surface area contributed by atoms with E-state index in [0.717, 1.165) is 28.2 Å². The molecule has 2 heterocycles. The number of carbonyl (C=O) groups excluding carboxylic acids is 1. The maximum Gasteiger partial charge on any atom is 0.224 e. The molecule has 1 N–H and O–H groups in total. The number of benzene rings is 2. The number of amides is 1. The van der Waals surface area contributed by atoms with E-state index in [-0.39, 0.29) is 5.91 Å².